The molecule has 14 heavy (non-hydrogen) atoms. The zero-order chi connectivity index (χ0) is 9.80. The molecule has 1 aliphatic rings. The molecule has 3 heteroatoms. The number of halogens is 1. The summed E-state index contributed by atoms with van der Waals surface area (Å²) in [6.45, 7) is 0.992. The summed E-state index contributed by atoms with van der Waals surface area (Å²) in [4.78, 5) is 3.72. The Morgan fingerprint density at radius 2 is 2.36 bits per heavy atom. The van der Waals surface area contributed by atoms with Crippen molar-refractivity contribution in [1.82, 2.24) is 10.3 Å². The quantitative estimate of drug-likeness (QED) is 0.724. The number of nitrogens with zero attached hydrogens (tertiary/aromatic N) is 1. The van der Waals surface area contributed by atoms with Crippen molar-refractivity contribution in [2.24, 2.45) is 0 Å². The third-order valence-corrected chi connectivity index (χ3v) is 2.49. The molecule has 0 bridgehead atoms. The third-order valence-electron chi connectivity index (χ3n) is 2.49. The van der Waals surface area contributed by atoms with Crippen molar-refractivity contribution in [2.45, 2.75) is 31.7 Å². The van der Waals surface area contributed by atoms with Crippen LogP contribution in [0, 0.1) is 5.82 Å². The predicted octanol–water partition coefficient (Wildman–Crippen LogP) is 1.91. The summed E-state index contributed by atoms with van der Waals surface area (Å²) < 4.78 is 13.1. The molecular formula is C11H15FN2. The zero-order valence-electron chi connectivity index (χ0n) is 8.17. The van der Waals surface area contributed by atoms with Gasteiger partial charge in [-0.1, -0.05) is 0 Å². The molecular weight excluding hydrogens is 179 g/mol. The molecule has 0 radical (unpaired) electrons. The minimum absolute atomic E-state index is 0.182. The van der Waals surface area contributed by atoms with Gasteiger partial charge >= 0.3 is 0 Å². The van der Waals surface area contributed by atoms with E-state index >= 15 is 0 Å². The van der Waals surface area contributed by atoms with Crippen molar-refractivity contribution >= 4 is 0 Å². The van der Waals surface area contributed by atoms with Gasteiger partial charge in [0.15, 0.2) is 0 Å². The smallest absolute Gasteiger partial charge is 0.144 e. The second-order valence-corrected chi connectivity index (χ2v) is 3.80. The summed E-state index contributed by atoms with van der Waals surface area (Å²) in [5.74, 6) is -0.182. The van der Waals surface area contributed by atoms with E-state index < -0.39 is 0 Å². The third kappa shape index (κ3) is 2.77. The monoisotopic (exact) mass is 194 g/mol. The van der Waals surface area contributed by atoms with Crippen LogP contribution in [0.5, 0.6) is 0 Å². The van der Waals surface area contributed by atoms with Crippen LogP contribution in [0.3, 0.4) is 0 Å². The predicted molar refractivity (Wildman–Crippen MR) is 53.5 cm³/mol. The van der Waals surface area contributed by atoms with E-state index in [1.165, 1.54) is 19.0 Å². The molecule has 0 aromatic carbocycles. The van der Waals surface area contributed by atoms with Crippen LogP contribution < -0.4 is 5.32 Å². The molecule has 0 unspecified atom stereocenters. The molecule has 1 heterocycles. The number of hydrogen-bond acceptors (Lipinski definition) is 2. The van der Waals surface area contributed by atoms with Crippen LogP contribution in [0.25, 0.3) is 0 Å². The van der Waals surface area contributed by atoms with Gasteiger partial charge in [-0.05, 0) is 43.9 Å². The molecule has 0 atom stereocenters. The first-order valence-corrected chi connectivity index (χ1v) is 5.18. The highest BCUT2D eigenvalue weighted by Gasteiger charge is 2.19. The maximum atomic E-state index is 13.1. The molecule has 2 rings (SSSR count). The lowest BCUT2D eigenvalue weighted by Gasteiger charge is -2.03. The molecule has 1 aliphatic carbocycles. The van der Waals surface area contributed by atoms with E-state index in [4.69, 9.17) is 0 Å². The standard InChI is InChI=1S/C11H15FN2/c12-11-8-13-7-5-9(11)2-1-6-14-10-3-4-10/h5,7-8,10,14H,1-4,6H2. The highest BCUT2D eigenvalue weighted by molar-refractivity contribution is 5.12. The summed E-state index contributed by atoms with van der Waals surface area (Å²) in [6.07, 6.45) is 7.34. The number of aryl methyl sites for hydroxylation is 1. The first-order chi connectivity index (χ1) is 6.86. The largest absolute Gasteiger partial charge is 0.314 e. The molecule has 1 N–H and O–H groups in total. The van der Waals surface area contributed by atoms with E-state index in [1.807, 2.05) is 0 Å². The van der Waals surface area contributed by atoms with Gasteiger partial charge in [0, 0.05) is 12.2 Å². The summed E-state index contributed by atoms with van der Waals surface area (Å²) in [5, 5.41) is 3.41. The van der Waals surface area contributed by atoms with Crippen molar-refractivity contribution in [3.63, 3.8) is 0 Å². The number of pyridine rings is 1. The van der Waals surface area contributed by atoms with Gasteiger partial charge in [0.25, 0.3) is 0 Å². The lowest BCUT2D eigenvalue weighted by atomic mass is 10.1. The van der Waals surface area contributed by atoms with Gasteiger partial charge in [0.2, 0.25) is 0 Å². The Kier molecular flexibility index (Phi) is 3.09. The average molecular weight is 194 g/mol. The van der Waals surface area contributed by atoms with Crippen molar-refractivity contribution < 1.29 is 4.39 Å². The van der Waals surface area contributed by atoms with Gasteiger partial charge in [-0.25, -0.2) is 4.39 Å². The summed E-state index contributed by atoms with van der Waals surface area (Å²) in [5.41, 5.74) is 0.776. The highest BCUT2D eigenvalue weighted by Crippen LogP contribution is 2.18. The molecule has 0 saturated heterocycles. The number of aromatic nitrogens is 1. The second kappa shape index (κ2) is 4.51. The maximum absolute atomic E-state index is 13.1. The lowest BCUT2D eigenvalue weighted by molar-refractivity contribution is 0.587. The molecule has 0 spiro atoms. The fraction of sp³-hybridized carbons (Fsp3) is 0.545. The van der Waals surface area contributed by atoms with Gasteiger partial charge in [-0.3, -0.25) is 4.98 Å². The number of hydrogen-bond donors (Lipinski definition) is 1. The Hall–Kier alpha value is -0.960. The van der Waals surface area contributed by atoms with Crippen LogP contribution in [0.1, 0.15) is 24.8 Å². The van der Waals surface area contributed by atoms with Gasteiger partial charge in [-0.15, -0.1) is 0 Å². The molecule has 2 nitrogen and oxygen atoms in total. The summed E-state index contributed by atoms with van der Waals surface area (Å²) in [6, 6.07) is 2.50. The van der Waals surface area contributed by atoms with E-state index in [1.54, 1.807) is 12.3 Å². The Labute approximate surface area is 83.6 Å². The normalized spacial score (nSPS) is 15.8. The molecule has 1 aromatic heterocycles. The van der Waals surface area contributed by atoms with Gasteiger partial charge in [0.1, 0.15) is 5.82 Å². The maximum Gasteiger partial charge on any atom is 0.144 e. The van der Waals surface area contributed by atoms with E-state index in [9.17, 15) is 4.39 Å². The first-order valence-electron chi connectivity index (χ1n) is 5.18. The fourth-order valence-electron chi connectivity index (χ4n) is 1.48. The Balaban J connectivity index is 1.71. The lowest BCUT2D eigenvalue weighted by Crippen LogP contribution is -2.18. The first kappa shape index (κ1) is 9.59. The molecule has 0 amide bonds. The summed E-state index contributed by atoms with van der Waals surface area (Å²) >= 11 is 0. The Morgan fingerprint density at radius 1 is 1.50 bits per heavy atom. The minimum Gasteiger partial charge on any atom is -0.314 e. The fourth-order valence-corrected chi connectivity index (χ4v) is 1.48. The van der Waals surface area contributed by atoms with Crippen LogP contribution >= 0.6 is 0 Å². The molecule has 1 fully saturated rings. The van der Waals surface area contributed by atoms with Crippen LogP contribution in [0.4, 0.5) is 4.39 Å². The minimum atomic E-state index is -0.182. The SMILES string of the molecule is Fc1cnccc1CCCNC1CC1. The van der Waals surface area contributed by atoms with E-state index in [-0.39, 0.29) is 5.82 Å². The van der Waals surface area contributed by atoms with Gasteiger partial charge in [0.05, 0.1) is 6.20 Å². The van der Waals surface area contributed by atoms with Crippen LogP contribution in [-0.2, 0) is 6.42 Å². The number of rotatable bonds is 5. The molecule has 76 valence electrons. The molecule has 1 aromatic rings. The van der Waals surface area contributed by atoms with Gasteiger partial charge in [-0.2, -0.15) is 0 Å². The van der Waals surface area contributed by atoms with Crippen molar-refractivity contribution in [3.8, 4) is 0 Å². The highest BCUT2D eigenvalue weighted by atomic mass is 19.1. The van der Waals surface area contributed by atoms with E-state index in [0.717, 1.165) is 31.0 Å². The average Bonchev–Trinajstić information content (AvgIpc) is 2.99. The van der Waals surface area contributed by atoms with Crippen LogP contribution in [-0.4, -0.2) is 17.6 Å². The summed E-state index contributed by atoms with van der Waals surface area (Å²) in [7, 11) is 0. The zero-order valence-corrected chi connectivity index (χ0v) is 8.17. The Bertz CT molecular complexity index is 297. The topological polar surface area (TPSA) is 24.9 Å². The van der Waals surface area contributed by atoms with E-state index in [0.29, 0.717) is 0 Å². The van der Waals surface area contributed by atoms with Gasteiger partial charge < -0.3 is 5.32 Å². The second-order valence-electron chi connectivity index (χ2n) is 3.80. The van der Waals surface area contributed by atoms with Crippen LogP contribution in [0.2, 0.25) is 0 Å². The van der Waals surface area contributed by atoms with Crippen molar-refractivity contribution in [3.05, 3.63) is 29.8 Å². The number of nitrogens with one attached hydrogen (secondary N) is 1. The molecule has 0 aliphatic heterocycles. The van der Waals surface area contributed by atoms with Crippen molar-refractivity contribution in [1.29, 1.82) is 0 Å². The Morgan fingerprint density at radius 3 is 3.07 bits per heavy atom. The molecule has 1 saturated carbocycles. The van der Waals surface area contributed by atoms with E-state index in [2.05, 4.69) is 10.3 Å². The van der Waals surface area contributed by atoms with Crippen LogP contribution in [0.15, 0.2) is 18.5 Å². The van der Waals surface area contributed by atoms with Crippen molar-refractivity contribution in [2.75, 3.05) is 6.54 Å².